The molecule has 30 heavy (non-hydrogen) atoms. The van der Waals surface area contributed by atoms with Crippen LogP contribution < -0.4 is 9.44 Å². The van der Waals surface area contributed by atoms with Crippen molar-refractivity contribution in [2.24, 2.45) is 0 Å². The predicted molar refractivity (Wildman–Crippen MR) is 123 cm³/mol. The van der Waals surface area contributed by atoms with Gasteiger partial charge in [0.05, 0.1) is 26.3 Å². The Kier molecular flexibility index (Phi) is 6.69. The summed E-state index contributed by atoms with van der Waals surface area (Å²) in [6, 6.07) is 10.7. The summed E-state index contributed by atoms with van der Waals surface area (Å²) in [5, 5.41) is 1.77. The number of anilines is 2. The van der Waals surface area contributed by atoms with Gasteiger partial charge in [0.15, 0.2) is 0 Å². The zero-order valence-corrected chi connectivity index (χ0v) is 19.9. The zero-order chi connectivity index (χ0) is 22.1. The van der Waals surface area contributed by atoms with Gasteiger partial charge in [-0.2, -0.15) is 0 Å². The third-order valence-corrected chi connectivity index (χ3v) is 9.25. The Morgan fingerprint density at radius 3 is 2.03 bits per heavy atom. The van der Waals surface area contributed by atoms with E-state index in [-0.39, 0.29) is 30.5 Å². The van der Waals surface area contributed by atoms with E-state index >= 15 is 0 Å². The minimum Gasteiger partial charge on any atom is -0.277 e. The van der Waals surface area contributed by atoms with E-state index in [2.05, 4.69) is 9.44 Å². The molecule has 1 aromatic heterocycles. The Labute approximate surface area is 190 Å². The van der Waals surface area contributed by atoms with Gasteiger partial charge in [0.25, 0.3) is 20.0 Å². The van der Waals surface area contributed by atoms with Gasteiger partial charge in [-0.25, -0.2) is 16.8 Å². The van der Waals surface area contributed by atoms with Gasteiger partial charge < -0.3 is 0 Å². The fourth-order valence-electron chi connectivity index (χ4n) is 2.68. The number of sulfonamides is 2. The number of benzene rings is 2. The molecule has 0 atom stereocenters. The van der Waals surface area contributed by atoms with Crippen LogP contribution in [0.5, 0.6) is 0 Å². The number of nitrogens with one attached hydrogen (secondary N) is 2. The number of halogens is 2. The van der Waals surface area contributed by atoms with Crippen LogP contribution in [0, 0.1) is 6.92 Å². The molecule has 0 saturated heterocycles. The van der Waals surface area contributed by atoms with Gasteiger partial charge in [0, 0.05) is 0 Å². The van der Waals surface area contributed by atoms with Gasteiger partial charge in [-0.15, -0.1) is 11.3 Å². The number of hydrogen-bond donors (Lipinski definition) is 2. The first-order chi connectivity index (χ1) is 14.0. The van der Waals surface area contributed by atoms with E-state index in [1.54, 1.807) is 30.5 Å². The lowest BCUT2D eigenvalue weighted by Gasteiger charge is -2.16. The maximum absolute atomic E-state index is 13.1. The van der Waals surface area contributed by atoms with Crippen molar-refractivity contribution in [2.45, 2.75) is 29.4 Å². The van der Waals surface area contributed by atoms with E-state index in [9.17, 15) is 16.8 Å². The molecule has 3 rings (SSSR count). The second kappa shape index (κ2) is 8.76. The molecule has 2 aromatic carbocycles. The van der Waals surface area contributed by atoms with Crippen LogP contribution >= 0.6 is 34.5 Å². The first kappa shape index (κ1) is 22.9. The molecule has 11 heteroatoms. The second-order valence-corrected chi connectivity index (χ2v) is 11.7. The Balaban J connectivity index is 2.05. The molecule has 0 fully saturated rings. The third-order valence-electron chi connectivity index (χ3n) is 4.26. The number of rotatable bonds is 7. The molecule has 0 aliphatic carbocycles. The lowest BCUT2D eigenvalue weighted by molar-refractivity contribution is 0.599. The molecule has 0 aliphatic heterocycles. The maximum Gasteiger partial charge on any atom is 0.271 e. The quantitative estimate of drug-likeness (QED) is 0.442. The zero-order valence-electron chi connectivity index (χ0n) is 15.9. The highest BCUT2D eigenvalue weighted by atomic mass is 35.5. The van der Waals surface area contributed by atoms with E-state index in [1.807, 2.05) is 13.0 Å². The van der Waals surface area contributed by atoms with Crippen LogP contribution in [0.2, 0.25) is 10.0 Å². The fraction of sp³-hybridized carbons (Fsp3) is 0.158. The topological polar surface area (TPSA) is 92.3 Å². The summed E-state index contributed by atoms with van der Waals surface area (Å²) < 4.78 is 56.3. The molecule has 6 nitrogen and oxygen atoms in total. The monoisotopic (exact) mass is 504 g/mol. The molecular formula is C19H18Cl2N2O4S3. The first-order valence-electron chi connectivity index (χ1n) is 8.71. The van der Waals surface area contributed by atoms with Gasteiger partial charge in [-0.05, 0) is 54.1 Å². The lowest BCUT2D eigenvalue weighted by atomic mass is 10.1. The molecule has 0 spiro atoms. The molecule has 160 valence electrons. The van der Waals surface area contributed by atoms with E-state index < -0.39 is 20.0 Å². The van der Waals surface area contributed by atoms with Gasteiger partial charge >= 0.3 is 0 Å². The van der Waals surface area contributed by atoms with Crippen molar-refractivity contribution in [3.8, 4) is 0 Å². The third kappa shape index (κ3) is 4.92. The molecule has 0 bridgehead atoms. The van der Waals surface area contributed by atoms with Crippen molar-refractivity contribution in [3.05, 3.63) is 69.0 Å². The molecule has 0 saturated carbocycles. The van der Waals surface area contributed by atoms with Crippen LogP contribution in [0.4, 0.5) is 11.4 Å². The summed E-state index contributed by atoms with van der Waals surface area (Å²) in [6.07, 6.45) is 0.668. The number of hydrogen-bond acceptors (Lipinski definition) is 5. The molecule has 0 aliphatic rings. The second-order valence-electron chi connectivity index (χ2n) is 6.41. The van der Waals surface area contributed by atoms with Crippen LogP contribution in [0.3, 0.4) is 0 Å². The van der Waals surface area contributed by atoms with Crippen LogP contribution in [0.25, 0.3) is 0 Å². The van der Waals surface area contributed by atoms with E-state index in [0.717, 1.165) is 16.9 Å². The van der Waals surface area contributed by atoms with Crippen LogP contribution in [-0.4, -0.2) is 16.8 Å². The van der Waals surface area contributed by atoms with Crippen molar-refractivity contribution >= 4 is 66.0 Å². The summed E-state index contributed by atoms with van der Waals surface area (Å²) in [5.74, 6) is 0. The summed E-state index contributed by atoms with van der Waals surface area (Å²) in [4.78, 5) is 0.0972. The minimum atomic E-state index is -4.02. The molecule has 1 heterocycles. The fourth-order valence-corrected chi connectivity index (χ4v) is 6.44. The molecule has 0 radical (unpaired) electrons. The van der Waals surface area contributed by atoms with Crippen molar-refractivity contribution in [1.82, 2.24) is 0 Å². The van der Waals surface area contributed by atoms with Crippen LogP contribution in [0.15, 0.2) is 56.9 Å². The SMILES string of the molecule is CCc1ccc(C)c(S(=O)(=O)Nc2cc(Cl)c(Cl)cc2NS(=O)(=O)c2cccs2)c1. The van der Waals surface area contributed by atoms with Crippen molar-refractivity contribution in [1.29, 1.82) is 0 Å². The lowest BCUT2D eigenvalue weighted by Crippen LogP contribution is -2.18. The van der Waals surface area contributed by atoms with Gasteiger partial charge in [0.2, 0.25) is 0 Å². The number of aryl methyl sites for hydroxylation is 2. The normalized spacial score (nSPS) is 12.0. The highest BCUT2D eigenvalue weighted by Gasteiger charge is 2.23. The summed E-state index contributed by atoms with van der Waals surface area (Å²) >= 11 is 13.1. The number of thiophene rings is 1. The predicted octanol–water partition coefficient (Wildman–Crippen LogP) is 5.53. The van der Waals surface area contributed by atoms with Crippen LogP contribution in [-0.2, 0) is 26.5 Å². The molecule has 3 aromatic rings. The average Bonchev–Trinajstić information content (AvgIpc) is 3.21. The average molecular weight is 505 g/mol. The van der Waals surface area contributed by atoms with Crippen molar-refractivity contribution in [3.63, 3.8) is 0 Å². The first-order valence-corrected chi connectivity index (χ1v) is 13.3. The van der Waals surface area contributed by atoms with E-state index in [0.29, 0.717) is 12.0 Å². The molecule has 0 amide bonds. The Morgan fingerprint density at radius 1 is 0.900 bits per heavy atom. The maximum atomic E-state index is 13.1. The Bertz CT molecular complexity index is 1290. The minimum absolute atomic E-state index is 0.0363. The standard InChI is InChI=1S/C19H18Cl2N2O4S3/c1-3-13-7-6-12(2)18(9-13)29(24,25)22-16-10-14(20)15(21)11-17(16)23-30(26,27)19-5-4-8-28-19/h4-11,22-23H,3H2,1-2H3. The van der Waals surface area contributed by atoms with Gasteiger partial charge in [-0.1, -0.05) is 48.3 Å². The van der Waals surface area contributed by atoms with Crippen molar-refractivity contribution < 1.29 is 16.8 Å². The largest absolute Gasteiger partial charge is 0.277 e. The smallest absolute Gasteiger partial charge is 0.271 e. The Morgan fingerprint density at radius 2 is 1.50 bits per heavy atom. The van der Waals surface area contributed by atoms with Crippen LogP contribution in [0.1, 0.15) is 18.1 Å². The van der Waals surface area contributed by atoms with E-state index in [4.69, 9.17) is 23.2 Å². The molecular weight excluding hydrogens is 487 g/mol. The van der Waals surface area contributed by atoms with Crippen molar-refractivity contribution in [2.75, 3.05) is 9.44 Å². The summed E-state index contributed by atoms with van der Waals surface area (Å²) in [7, 11) is -7.95. The Hall–Kier alpha value is -1.78. The van der Waals surface area contributed by atoms with E-state index in [1.165, 1.54) is 18.2 Å². The summed E-state index contributed by atoms with van der Waals surface area (Å²) in [6.45, 7) is 3.61. The van der Waals surface area contributed by atoms with Gasteiger partial charge in [0.1, 0.15) is 4.21 Å². The highest BCUT2D eigenvalue weighted by Crippen LogP contribution is 2.36. The highest BCUT2D eigenvalue weighted by molar-refractivity contribution is 7.94. The molecule has 0 unspecified atom stereocenters. The molecule has 2 N–H and O–H groups in total. The van der Waals surface area contributed by atoms with Gasteiger partial charge in [-0.3, -0.25) is 9.44 Å². The summed E-state index contributed by atoms with van der Waals surface area (Å²) in [5.41, 5.74) is 1.34.